The second kappa shape index (κ2) is 9.02. The Bertz CT molecular complexity index is 1040. The van der Waals surface area contributed by atoms with Crippen molar-refractivity contribution in [3.05, 3.63) is 33.7 Å². The zero-order valence-corrected chi connectivity index (χ0v) is 18.8. The van der Waals surface area contributed by atoms with Crippen LogP contribution in [0, 0.1) is 12.8 Å². The maximum absolute atomic E-state index is 13.8. The molecule has 2 aromatic rings. The highest BCUT2D eigenvalue weighted by atomic mass is 35.5. The first kappa shape index (κ1) is 24.2. The van der Waals surface area contributed by atoms with Crippen molar-refractivity contribution in [3.63, 3.8) is 0 Å². The highest BCUT2D eigenvalue weighted by molar-refractivity contribution is 6.34. The van der Waals surface area contributed by atoms with Crippen LogP contribution in [0.2, 0.25) is 5.02 Å². The van der Waals surface area contributed by atoms with E-state index in [1.165, 1.54) is 17.4 Å². The molecule has 1 N–H and O–H groups in total. The predicted molar refractivity (Wildman–Crippen MR) is 112 cm³/mol. The van der Waals surface area contributed by atoms with Gasteiger partial charge < -0.3 is 10.1 Å². The lowest BCUT2D eigenvalue weighted by Gasteiger charge is -2.28. The molecule has 1 aliphatic heterocycles. The zero-order chi connectivity index (χ0) is 24.0. The number of imidazole rings is 1. The molecule has 3 heterocycles. The summed E-state index contributed by atoms with van der Waals surface area (Å²) in [5, 5.41) is 2.90. The summed E-state index contributed by atoms with van der Waals surface area (Å²) < 4.78 is 75.2. The highest BCUT2D eigenvalue weighted by Crippen LogP contribution is 2.40. The number of aromatic nitrogens is 2. The number of amides is 1. The molecule has 2 fully saturated rings. The lowest BCUT2D eigenvalue weighted by atomic mass is 9.83. The number of hydrogen-bond donors (Lipinski definition) is 1. The van der Waals surface area contributed by atoms with Gasteiger partial charge in [-0.3, -0.25) is 9.20 Å². The van der Waals surface area contributed by atoms with E-state index in [0.717, 1.165) is 0 Å². The summed E-state index contributed by atoms with van der Waals surface area (Å²) in [4.78, 5) is 16.6. The molecule has 1 aliphatic carbocycles. The molecule has 2 aromatic heterocycles. The number of aryl methyl sites for hydroxylation is 1. The van der Waals surface area contributed by atoms with Crippen LogP contribution in [-0.4, -0.2) is 40.5 Å². The van der Waals surface area contributed by atoms with Gasteiger partial charge in [0, 0.05) is 37.8 Å². The largest absolute Gasteiger partial charge is 0.435 e. The third kappa shape index (κ3) is 5.11. The van der Waals surface area contributed by atoms with E-state index in [0.29, 0.717) is 26.1 Å². The molecule has 1 saturated heterocycles. The summed E-state index contributed by atoms with van der Waals surface area (Å²) in [6, 6.07) is 1.15. The molecular weight excluding hydrogens is 469 g/mol. The summed E-state index contributed by atoms with van der Waals surface area (Å²) >= 11 is 6.45. The molecule has 2 aliphatic rings. The van der Waals surface area contributed by atoms with Crippen molar-refractivity contribution in [2.24, 2.45) is 5.92 Å². The summed E-state index contributed by atoms with van der Waals surface area (Å²) in [6.07, 6.45) is -3.92. The summed E-state index contributed by atoms with van der Waals surface area (Å²) in [5.41, 5.74) is -0.914. The van der Waals surface area contributed by atoms with Gasteiger partial charge in [0.05, 0.1) is 16.3 Å². The molecule has 1 amide bonds. The number of carbonyl (C=O) groups is 1. The second-order valence-corrected chi connectivity index (χ2v) is 9.30. The number of rotatable bonds is 4. The van der Waals surface area contributed by atoms with Crippen LogP contribution in [0.1, 0.15) is 66.0 Å². The topological polar surface area (TPSA) is 55.6 Å². The van der Waals surface area contributed by atoms with Crippen LogP contribution in [0.15, 0.2) is 6.07 Å². The van der Waals surface area contributed by atoms with Crippen LogP contribution in [0.4, 0.5) is 22.0 Å². The molecule has 0 bridgehead atoms. The summed E-state index contributed by atoms with van der Waals surface area (Å²) in [6.45, 7) is 2.56. The van der Waals surface area contributed by atoms with Crippen LogP contribution in [-0.2, 0) is 17.3 Å². The van der Waals surface area contributed by atoms with E-state index < -0.39 is 23.7 Å². The number of ether oxygens (including phenoxy) is 1. The van der Waals surface area contributed by atoms with Crippen molar-refractivity contribution < 1.29 is 31.5 Å². The minimum Gasteiger partial charge on any atom is -0.381 e. The van der Waals surface area contributed by atoms with Gasteiger partial charge in [0.1, 0.15) is 5.65 Å². The number of carbonyl (C=O) groups excluding carboxylic acids is 1. The summed E-state index contributed by atoms with van der Waals surface area (Å²) in [5.74, 6) is -3.57. The first-order valence-electron chi connectivity index (χ1n) is 11.0. The molecule has 0 unspecified atom stereocenters. The van der Waals surface area contributed by atoms with Gasteiger partial charge in [-0.15, -0.1) is 0 Å². The van der Waals surface area contributed by atoms with Crippen molar-refractivity contribution in [1.29, 1.82) is 0 Å². The molecule has 33 heavy (non-hydrogen) atoms. The van der Waals surface area contributed by atoms with Crippen molar-refractivity contribution >= 4 is 23.2 Å². The maximum atomic E-state index is 13.8. The number of nitrogens with one attached hydrogen (secondary N) is 1. The van der Waals surface area contributed by atoms with E-state index in [1.807, 2.05) is 0 Å². The molecule has 0 aromatic carbocycles. The van der Waals surface area contributed by atoms with Crippen LogP contribution in [0.25, 0.3) is 5.65 Å². The molecule has 11 heteroatoms. The lowest BCUT2D eigenvalue weighted by molar-refractivity contribution is -0.141. The molecule has 0 atom stereocenters. The van der Waals surface area contributed by atoms with Gasteiger partial charge >= 0.3 is 6.18 Å². The molecule has 182 valence electrons. The van der Waals surface area contributed by atoms with E-state index in [1.54, 1.807) is 0 Å². The first-order chi connectivity index (χ1) is 15.5. The number of hydrogen-bond acceptors (Lipinski definition) is 3. The van der Waals surface area contributed by atoms with Crippen molar-refractivity contribution in [2.45, 2.75) is 70.0 Å². The third-order valence-electron chi connectivity index (χ3n) is 6.55. The average molecular weight is 494 g/mol. The number of pyridine rings is 1. The maximum Gasteiger partial charge on any atom is 0.435 e. The number of fused-ring (bicyclic) bond motifs is 1. The Kier molecular flexibility index (Phi) is 6.61. The van der Waals surface area contributed by atoms with E-state index in [2.05, 4.69) is 10.3 Å². The van der Waals surface area contributed by atoms with E-state index >= 15 is 0 Å². The first-order valence-corrected chi connectivity index (χ1v) is 11.4. The van der Waals surface area contributed by atoms with Gasteiger partial charge in [-0.2, -0.15) is 13.2 Å². The van der Waals surface area contributed by atoms with Crippen LogP contribution >= 0.6 is 11.6 Å². The molecule has 0 radical (unpaired) electrons. The normalized spacial score (nSPS) is 20.3. The fourth-order valence-electron chi connectivity index (χ4n) is 4.69. The molecule has 1 saturated carbocycles. The lowest BCUT2D eigenvalue weighted by Crippen LogP contribution is -2.39. The number of halogens is 6. The Morgan fingerprint density at radius 2 is 1.88 bits per heavy atom. The Hall–Kier alpha value is -1.94. The van der Waals surface area contributed by atoms with Crippen molar-refractivity contribution in [3.8, 4) is 0 Å². The molecule has 5 nitrogen and oxygen atoms in total. The monoisotopic (exact) mass is 493 g/mol. The SMILES string of the molecule is Cc1c(Cl)c(C(=O)NC2CCOCC2)cc2nc(C(F)(F)F)c(CC3CCC(F)(F)CC3)n12. The van der Waals surface area contributed by atoms with Crippen molar-refractivity contribution in [2.75, 3.05) is 13.2 Å². The van der Waals surface area contributed by atoms with Crippen molar-refractivity contribution in [1.82, 2.24) is 14.7 Å². The Morgan fingerprint density at radius 3 is 2.48 bits per heavy atom. The second-order valence-electron chi connectivity index (χ2n) is 8.92. The van der Waals surface area contributed by atoms with Crippen LogP contribution in [0.5, 0.6) is 0 Å². The van der Waals surface area contributed by atoms with Gasteiger partial charge in [-0.1, -0.05) is 11.6 Å². The smallest absolute Gasteiger partial charge is 0.381 e. The number of alkyl halides is 5. The summed E-state index contributed by atoms with van der Waals surface area (Å²) in [7, 11) is 0. The fraction of sp³-hybridized carbons (Fsp3) is 0.636. The predicted octanol–water partition coefficient (Wildman–Crippen LogP) is 5.59. The minimum absolute atomic E-state index is 0.0367. The fourth-order valence-corrected chi connectivity index (χ4v) is 4.92. The van der Waals surface area contributed by atoms with Gasteiger partial charge in [0.15, 0.2) is 5.69 Å². The molecular formula is C22H25ClF5N3O2. The average Bonchev–Trinajstić information content (AvgIpc) is 3.11. The standard InChI is InChI=1S/C22H25ClF5N3O2/c1-12-18(23)15(20(32)29-14-4-8-33-9-5-14)11-17-30-19(22(26,27)28)16(31(12)17)10-13-2-6-21(24,25)7-3-13/h11,13-14H,2-10H2,1H3,(H,29,32). The van der Waals surface area contributed by atoms with Gasteiger partial charge in [0.2, 0.25) is 5.92 Å². The highest BCUT2D eigenvalue weighted by Gasteiger charge is 2.41. The zero-order valence-electron chi connectivity index (χ0n) is 18.1. The minimum atomic E-state index is -4.73. The van der Waals surface area contributed by atoms with Gasteiger partial charge in [-0.05, 0) is 51.0 Å². The van der Waals surface area contributed by atoms with Gasteiger partial charge in [-0.25, -0.2) is 13.8 Å². The van der Waals surface area contributed by atoms with Crippen LogP contribution in [0.3, 0.4) is 0 Å². The Labute approximate surface area is 192 Å². The van der Waals surface area contributed by atoms with E-state index in [9.17, 15) is 26.7 Å². The third-order valence-corrected chi connectivity index (χ3v) is 7.03. The Balaban J connectivity index is 1.70. The van der Waals surface area contributed by atoms with Crippen LogP contribution < -0.4 is 5.32 Å². The molecule has 4 rings (SSSR count). The van der Waals surface area contributed by atoms with E-state index in [4.69, 9.17) is 16.3 Å². The Morgan fingerprint density at radius 1 is 1.24 bits per heavy atom. The van der Waals surface area contributed by atoms with Gasteiger partial charge in [0.25, 0.3) is 5.91 Å². The quantitative estimate of drug-likeness (QED) is 0.565. The molecule has 0 spiro atoms. The van der Waals surface area contributed by atoms with E-state index in [-0.39, 0.29) is 71.7 Å². The number of nitrogens with zero attached hydrogens (tertiary/aromatic N) is 2.